The Kier molecular flexibility index (Phi) is 5.22. The standard InChI is InChI=1S/C20H18F3N3O2/c1-3-26-17-8-7-14(10-16(17)25-12(2)19(26)28)18(27)24-11-13-5-4-6-15(9-13)20(21,22)23/h4-10H,3,11H2,1-2H3,(H,24,27). The molecule has 3 aromatic rings. The van der Waals surface area contributed by atoms with E-state index < -0.39 is 17.6 Å². The molecule has 2 aromatic carbocycles. The van der Waals surface area contributed by atoms with E-state index in [2.05, 4.69) is 10.3 Å². The number of carbonyl (C=O) groups is 1. The predicted octanol–water partition coefficient (Wildman–Crippen LogP) is 3.67. The highest BCUT2D eigenvalue weighted by Gasteiger charge is 2.30. The van der Waals surface area contributed by atoms with Crippen LogP contribution in [0.1, 0.15) is 34.1 Å². The van der Waals surface area contributed by atoms with Crippen molar-refractivity contribution in [2.75, 3.05) is 0 Å². The van der Waals surface area contributed by atoms with Crippen LogP contribution in [0.25, 0.3) is 11.0 Å². The predicted molar refractivity (Wildman–Crippen MR) is 99.0 cm³/mol. The van der Waals surface area contributed by atoms with Gasteiger partial charge < -0.3 is 9.88 Å². The number of aromatic nitrogens is 2. The lowest BCUT2D eigenvalue weighted by molar-refractivity contribution is -0.137. The SMILES string of the molecule is CCn1c(=O)c(C)nc2cc(C(=O)NCc3cccc(C(F)(F)F)c3)ccc21. The van der Waals surface area contributed by atoms with Gasteiger partial charge in [-0.3, -0.25) is 9.59 Å². The minimum atomic E-state index is -4.43. The van der Waals surface area contributed by atoms with Crippen molar-refractivity contribution in [1.82, 2.24) is 14.9 Å². The molecule has 0 fully saturated rings. The average Bonchev–Trinajstić information content (AvgIpc) is 2.66. The number of halogens is 3. The lowest BCUT2D eigenvalue weighted by Crippen LogP contribution is -2.25. The van der Waals surface area contributed by atoms with Crippen molar-refractivity contribution in [1.29, 1.82) is 0 Å². The molecule has 0 saturated carbocycles. The van der Waals surface area contributed by atoms with E-state index in [-0.39, 0.29) is 12.1 Å². The molecular weight excluding hydrogens is 371 g/mol. The molecule has 0 radical (unpaired) electrons. The highest BCUT2D eigenvalue weighted by atomic mass is 19.4. The topological polar surface area (TPSA) is 64.0 Å². The Labute approximate surface area is 158 Å². The van der Waals surface area contributed by atoms with Crippen molar-refractivity contribution in [3.8, 4) is 0 Å². The fourth-order valence-electron chi connectivity index (χ4n) is 2.97. The maximum Gasteiger partial charge on any atom is 0.416 e. The van der Waals surface area contributed by atoms with Crippen molar-refractivity contribution >= 4 is 16.9 Å². The van der Waals surface area contributed by atoms with Crippen LogP contribution in [0.3, 0.4) is 0 Å². The Morgan fingerprint density at radius 2 is 1.93 bits per heavy atom. The van der Waals surface area contributed by atoms with E-state index in [0.29, 0.717) is 34.4 Å². The molecule has 146 valence electrons. The van der Waals surface area contributed by atoms with Gasteiger partial charge in [-0.25, -0.2) is 4.98 Å². The van der Waals surface area contributed by atoms with E-state index in [1.807, 2.05) is 6.92 Å². The van der Waals surface area contributed by atoms with E-state index in [9.17, 15) is 22.8 Å². The monoisotopic (exact) mass is 389 g/mol. The number of aryl methyl sites for hydroxylation is 2. The Morgan fingerprint density at radius 3 is 2.61 bits per heavy atom. The Bertz CT molecular complexity index is 1100. The zero-order valence-electron chi connectivity index (χ0n) is 15.3. The summed E-state index contributed by atoms with van der Waals surface area (Å²) < 4.78 is 39.9. The maximum absolute atomic E-state index is 12.8. The van der Waals surface area contributed by atoms with Gasteiger partial charge >= 0.3 is 6.18 Å². The minimum absolute atomic E-state index is 0.0400. The molecule has 28 heavy (non-hydrogen) atoms. The van der Waals surface area contributed by atoms with E-state index >= 15 is 0 Å². The van der Waals surface area contributed by atoms with Gasteiger partial charge in [0, 0.05) is 18.7 Å². The van der Waals surface area contributed by atoms with Crippen molar-refractivity contribution < 1.29 is 18.0 Å². The fraction of sp³-hybridized carbons (Fsp3) is 0.250. The molecule has 1 N–H and O–H groups in total. The van der Waals surface area contributed by atoms with E-state index in [1.165, 1.54) is 12.1 Å². The molecule has 0 unspecified atom stereocenters. The first-order valence-electron chi connectivity index (χ1n) is 8.66. The van der Waals surface area contributed by atoms with Crippen LogP contribution >= 0.6 is 0 Å². The number of carbonyl (C=O) groups excluding carboxylic acids is 1. The van der Waals surface area contributed by atoms with Crippen LogP contribution in [-0.4, -0.2) is 15.5 Å². The molecule has 8 heteroatoms. The van der Waals surface area contributed by atoms with Crippen molar-refractivity contribution in [3.63, 3.8) is 0 Å². The third-order valence-corrected chi connectivity index (χ3v) is 4.39. The number of amides is 1. The van der Waals surface area contributed by atoms with E-state index in [4.69, 9.17) is 0 Å². The summed E-state index contributed by atoms with van der Waals surface area (Å²) in [5.41, 5.74) is 1.17. The van der Waals surface area contributed by atoms with Crippen molar-refractivity contribution in [3.05, 3.63) is 75.2 Å². The van der Waals surface area contributed by atoms with Crippen LogP contribution < -0.4 is 10.9 Å². The number of hydrogen-bond acceptors (Lipinski definition) is 3. The number of nitrogens with zero attached hydrogens (tertiary/aromatic N) is 2. The van der Waals surface area contributed by atoms with Crippen LogP contribution in [0, 0.1) is 6.92 Å². The van der Waals surface area contributed by atoms with Gasteiger partial charge in [0.1, 0.15) is 5.69 Å². The molecule has 0 atom stereocenters. The molecule has 1 amide bonds. The summed E-state index contributed by atoms with van der Waals surface area (Å²) in [6, 6.07) is 9.58. The maximum atomic E-state index is 12.8. The normalized spacial score (nSPS) is 11.6. The first-order valence-corrected chi connectivity index (χ1v) is 8.66. The molecule has 1 aromatic heterocycles. The Morgan fingerprint density at radius 1 is 1.18 bits per heavy atom. The summed E-state index contributed by atoms with van der Waals surface area (Å²) in [4.78, 5) is 28.8. The third-order valence-electron chi connectivity index (χ3n) is 4.39. The number of hydrogen-bond donors (Lipinski definition) is 1. The van der Waals surface area contributed by atoms with Gasteiger partial charge in [0.2, 0.25) is 0 Å². The lowest BCUT2D eigenvalue weighted by atomic mass is 10.1. The van der Waals surface area contributed by atoms with Gasteiger partial charge in [-0.2, -0.15) is 13.2 Å². The summed E-state index contributed by atoms with van der Waals surface area (Å²) in [5.74, 6) is -0.437. The van der Waals surface area contributed by atoms with E-state index in [0.717, 1.165) is 12.1 Å². The molecule has 0 aliphatic rings. The summed E-state index contributed by atoms with van der Waals surface area (Å²) >= 11 is 0. The third kappa shape index (κ3) is 3.90. The van der Waals surface area contributed by atoms with Crippen LogP contribution in [0.2, 0.25) is 0 Å². The van der Waals surface area contributed by atoms with Gasteiger partial charge in [-0.05, 0) is 49.7 Å². The number of rotatable bonds is 4. The second kappa shape index (κ2) is 7.46. The summed E-state index contributed by atoms with van der Waals surface area (Å²) in [6.07, 6.45) is -4.43. The molecule has 0 spiro atoms. The highest BCUT2D eigenvalue weighted by Crippen LogP contribution is 2.29. The van der Waals surface area contributed by atoms with Crippen LogP contribution in [0.15, 0.2) is 47.3 Å². The molecule has 5 nitrogen and oxygen atoms in total. The number of alkyl halides is 3. The second-order valence-electron chi connectivity index (χ2n) is 6.33. The van der Waals surface area contributed by atoms with E-state index in [1.54, 1.807) is 29.7 Å². The first-order chi connectivity index (χ1) is 13.2. The fourth-order valence-corrected chi connectivity index (χ4v) is 2.97. The largest absolute Gasteiger partial charge is 0.416 e. The van der Waals surface area contributed by atoms with Gasteiger partial charge in [0.25, 0.3) is 11.5 Å². The zero-order chi connectivity index (χ0) is 20.5. The van der Waals surface area contributed by atoms with Gasteiger partial charge in [-0.1, -0.05) is 12.1 Å². The molecule has 0 bridgehead atoms. The van der Waals surface area contributed by atoms with Crippen LogP contribution in [0.5, 0.6) is 0 Å². The zero-order valence-corrected chi connectivity index (χ0v) is 15.3. The molecule has 3 rings (SSSR count). The molecule has 0 saturated heterocycles. The van der Waals surface area contributed by atoms with Crippen LogP contribution in [0.4, 0.5) is 13.2 Å². The second-order valence-corrected chi connectivity index (χ2v) is 6.33. The average molecular weight is 389 g/mol. The Hall–Kier alpha value is -3.16. The quantitative estimate of drug-likeness (QED) is 0.741. The number of benzene rings is 2. The summed E-state index contributed by atoms with van der Waals surface area (Å²) in [6.45, 7) is 3.88. The smallest absolute Gasteiger partial charge is 0.348 e. The molecule has 0 aliphatic heterocycles. The van der Waals surface area contributed by atoms with Crippen LogP contribution in [-0.2, 0) is 19.3 Å². The highest BCUT2D eigenvalue weighted by molar-refractivity contribution is 5.97. The van der Waals surface area contributed by atoms with Gasteiger partial charge in [0.15, 0.2) is 0 Å². The number of nitrogens with one attached hydrogen (secondary N) is 1. The minimum Gasteiger partial charge on any atom is -0.348 e. The van der Waals surface area contributed by atoms with Crippen molar-refractivity contribution in [2.24, 2.45) is 0 Å². The molecule has 1 heterocycles. The van der Waals surface area contributed by atoms with Gasteiger partial charge in [0.05, 0.1) is 16.6 Å². The number of fused-ring (bicyclic) bond motifs is 1. The Balaban J connectivity index is 1.83. The summed E-state index contributed by atoms with van der Waals surface area (Å²) in [7, 11) is 0. The summed E-state index contributed by atoms with van der Waals surface area (Å²) in [5, 5.41) is 2.61. The molecule has 0 aliphatic carbocycles. The first kappa shape index (κ1) is 19.6. The van der Waals surface area contributed by atoms with Gasteiger partial charge in [-0.15, -0.1) is 0 Å². The lowest BCUT2D eigenvalue weighted by Gasteiger charge is -2.11. The van der Waals surface area contributed by atoms with Crippen molar-refractivity contribution in [2.45, 2.75) is 33.1 Å². The molecular formula is C20H18F3N3O2.